The van der Waals surface area contributed by atoms with E-state index >= 15 is 0 Å². The zero-order chi connectivity index (χ0) is 22.3. The van der Waals surface area contributed by atoms with Crippen molar-refractivity contribution in [2.45, 2.75) is 77.5 Å². The topological polar surface area (TPSA) is 9.23 Å². The second-order valence-electron chi connectivity index (χ2n) is 9.07. The zero-order valence-corrected chi connectivity index (χ0v) is 18.2. The fourth-order valence-electron chi connectivity index (χ4n) is 5.26. The lowest BCUT2D eigenvalue weighted by molar-refractivity contribution is -0.275. The number of hydrogen-bond donors (Lipinski definition) is 0. The lowest BCUT2D eigenvalue weighted by atomic mass is 9.69. The van der Waals surface area contributed by atoms with Gasteiger partial charge in [0.2, 0.25) is 0 Å². The molecule has 3 rings (SSSR count). The van der Waals surface area contributed by atoms with Crippen LogP contribution in [0, 0.1) is 41.3 Å². The Kier molecular flexibility index (Phi) is 8.46. The molecule has 5 heteroatoms. The van der Waals surface area contributed by atoms with E-state index in [0.29, 0.717) is 11.5 Å². The van der Waals surface area contributed by atoms with Crippen LogP contribution in [-0.2, 0) is 0 Å². The normalized spacial score (nSPS) is 27.0. The van der Waals surface area contributed by atoms with E-state index in [9.17, 15) is 17.6 Å². The summed E-state index contributed by atoms with van der Waals surface area (Å²) in [6.45, 7) is 2.28. The minimum atomic E-state index is -4.91. The molecule has 0 aliphatic heterocycles. The van der Waals surface area contributed by atoms with Crippen LogP contribution < -0.4 is 4.74 Å². The first-order valence-electron chi connectivity index (χ1n) is 11.6. The average Bonchev–Trinajstić information content (AvgIpc) is 2.73. The third-order valence-electron chi connectivity index (χ3n) is 6.90. The summed E-state index contributed by atoms with van der Waals surface area (Å²) in [6.07, 6.45) is 12.3. The fraction of sp³-hybridized carbons (Fsp3) is 0.615. The maximum Gasteiger partial charge on any atom is 0.573 e. The van der Waals surface area contributed by atoms with Crippen molar-refractivity contribution in [1.82, 2.24) is 0 Å². The molecule has 0 unspecified atom stereocenters. The molecule has 1 nitrogen and oxygen atoms in total. The number of rotatable bonds is 5. The Labute approximate surface area is 183 Å². The van der Waals surface area contributed by atoms with Crippen molar-refractivity contribution in [3.8, 4) is 17.6 Å². The van der Waals surface area contributed by atoms with E-state index in [4.69, 9.17) is 0 Å². The SMILES string of the molecule is CCCC1CCC(C2CCC(/C=C/C#Cc3ccc(OC(F)(F)F)c(F)c3)CC2)CC1. The van der Waals surface area contributed by atoms with Gasteiger partial charge in [0.05, 0.1) is 0 Å². The van der Waals surface area contributed by atoms with Crippen molar-refractivity contribution in [2.75, 3.05) is 0 Å². The summed E-state index contributed by atoms with van der Waals surface area (Å²) in [4.78, 5) is 0. The Balaban J connectivity index is 1.43. The van der Waals surface area contributed by atoms with E-state index < -0.39 is 17.9 Å². The molecule has 2 aliphatic rings. The second kappa shape index (κ2) is 11.1. The Bertz CT molecular complexity index is 786. The molecule has 0 N–H and O–H groups in total. The van der Waals surface area contributed by atoms with Gasteiger partial charge in [-0.25, -0.2) is 4.39 Å². The molecule has 0 atom stereocenters. The van der Waals surface area contributed by atoms with Crippen molar-refractivity contribution in [3.05, 3.63) is 41.7 Å². The number of alkyl halides is 3. The molecule has 0 spiro atoms. The first-order valence-corrected chi connectivity index (χ1v) is 11.6. The highest BCUT2D eigenvalue weighted by Gasteiger charge is 2.32. The maximum absolute atomic E-state index is 13.7. The van der Waals surface area contributed by atoms with Gasteiger partial charge in [-0.15, -0.1) is 13.2 Å². The third-order valence-corrected chi connectivity index (χ3v) is 6.90. The van der Waals surface area contributed by atoms with E-state index in [0.717, 1.165) is 29.9 Å². The van der Waals surface area contributed by atoms with Crippen LogP contribution in [-0.4, -0.2) is 6.36 Å². The van der Waals surface area contributed by atoms with Crippen LogP contribution in [0.15, 0.2) is 30.4 Å². The van der Waals surface area contributed by atoms with Crippen LogP contribution in [0.1, 0.15) is 76.7 Å². The monoisotopic (exact) mass is 436 g/mol. The predicted molar refractivity (Wildman–Crippen MR) is 115 cm³/mol. The molecule has 0 saturated heterocycles. The molecule has 0 bridgehead atoms. The average molecular weight is 437 g/mol. The summed E-state index contributed by atoms with van der Waals surface area (Å²) in [5, 5.41) is 0. The molecular weight excluding hydrogens is 404 g/mol. The number of allylic oxidation sites excluding steroid dienone is 2. The van der Waals surface area contributed by atoms with E-state index in [1.807, 2.05) is 0 Å². The molecule has 1 aromatic rings. The van der Waals surface area contributed by atoms with Gasteiger partial charge in [-0.2, -0.15) is 0 Å². The highest BCUT2D eigenvalue weighted by molar-refractivity contribution is 5.41. The summed E-state index contributed by atoms with van der Waals surface area (Å²) >= 11 is 0. The van der Waals surface area contributed by atoms with Crippen molar-refractivity contribution < 1.29 is 22.3 Å². The van der Waals surface area contributed by atoms with Crippen LogP contribution >= 0.6 is 0 Å². The number of halogens is 4. The number of hydrogen-bond acceptors (Lipinski definition) is 1. The van der Waals surface area contributed by atoms with Crippen LogP contribution in [0.5, 0.6) is 5.75 Å². The van der Waals surface area contributed by atoms with Crippen LogP contribution in [0.4, 0.5) is 17.6 Å². The zero-order valence-electron chi connectivity index (χ0n) is 18.2. The molecule has 31 heavy (non-hydrogen) atoms. The highest BCUT2D eigenvalue weighted by atomic mass is 19.4. The Morgan fingerprint density at radius 2 is 1.65 bits per heavy atom. The second-order valence-corrected chi connectivity index (χ2v) is 9.07. The summed E-state index contributed by atoms with van der Waals surface area (Å²) < 4.78 is 53.9. The van der Waals surface area contributed by atoms with Gasteiger partial charge < -0.3 is 4.74 Å². The van der Waals surface area contributed by atoms with Crippen LogP contribution in [0.25, 0.3) is 0 Å². The minimum Gasteiger partial charge on any atom is -0.403 e. The summed E-state index contributed by atoms with van der Waals surface area (Å²) in [6, 6.07) is 3.24. The van der Waals surface area contributed by atoms with Gasteiger partial charge >= 0.3 is 6.36 Å². The van der Waals surface area contributed by atoms with E-state index in [1.165, 1.54) is 70.3 Å². The summed E-state index contributed by atoms with van der Waals surface area (Å²) in [7, 11) is 0. The van der Waals surface area contributed by atoms with Gasteiger partial charge in [-0.3, -0.25) is 0 Å². The van der Waals surface area contributed by atoms with Gasteiger partial charge in [0.15, 0.2) is 11.6 Å². The van der Waals surface area contributed by atoms with Crippen LogP contribution in [0.3, 0.4) is 0 Å². The van der Waals surface area contributed by atoms with Crippen molar-refractivity contribution in [1.29, 1.82) is 0 Å². The standard InChI is InChI=1S/C26H32F4O/c1-2-5-19-8-13-22(14-9-19)23-15-10-20(11-16-23)6-3-4-7-21-12-17-25(24(27)18-21)31-26(28,29)30/h3,6,12,17-20,22-23H,2,5,8-11,13-16H2,1H3/b6-3+. The Morgan fingerprint density at radius 1 is 1.00 bits per heavy atom. The number of benzene rings is 1. The van der Waals surface area contributed by atoms with Crippen molar-refractivity contribution in [3.63, 3.8) is 0 Å². The van der Waals surface area contributed by atoms with Crippen LogP contribution in [0.2, 0.25) is 0 Å². The molecule has 0 heterocycles. The summed E-state index contributed by atoms with van der Waals surface area (Å²) in [5.41, 5.74) is 0.319. The fourth-order valence-corrected chi connectivity index (χ4v) is 5.26. The highest BCUT2D eigenvalue weighted by Crippen LogP contribution is 2.42. The molecule has 170 valence electrons. The smallest absolute Gasteiger partial charge is 0.403 e. The molecule has 0 amide bonds. The van der Waals surface area contributed by atoms with Gasteiger partial charge in [-0.1, -0.05) is 50.5 Å². The molecule has 2 aliphatic carbocycles. The van der Waals surface area contributed by atoms with Gasteiger partial charge in [-0.05, 0) is 86.5 Å². The first-order chi connectivity index (χ1) is 14.8. The van der Waals surface area contributed by atoms with Crippen molar-refractivity contribution >= 4 is 0 Å². The molecule has 2 fully saturated rings. The van der Waals surface area contributed by atoms with Gasteiger partial charge in [0, 0.05) is 5.56 Å². The Hall–Kier alpha value is -1.96. The predicted octanol–water partition coefficient (Wildman–Crippen LogP) is 8.04. The largest absolute Gasteiger partial charge is 0.573 e. The maximum atomic E-state index is 13.7. The first kappa shape index (κ1) is 23.7. The minimum absolute atomic E-state index is 0.319. The molecular formula is C26H32F4O. The van der Waals surface area contributed by atoms with Gasteiger partial charge in [0.25, 0.3) is 0 Å². The Morgan fingerprint density at radius 3 is 2.23 bits per heavy atom. The lowest BCUT2D eigenvalue weighted by Crippen LogP contribution is -2.25. The lowest BCUT2D eigenvalue weighted by Gasteiger charge is -2.37. The van der Waals surface area contributed by atoms with Gasteiger partial charge in [0.1, 0.15) is 0 Å². The summed E-state index contributed by atoms with van der Waals surface area (Å²) in [5.74, 6) is 7.01. The van der Waals surface area contributed by atoms with E-state index in [1.54, 1.807) is 6.08 Å². The molecule has 0 radical (unpaired) electrons. The van der Waals surface area contributed by atoms with E-state index in [-0.39, 0.29) is 0 Å². The quantitative estimate of drug-likeness (QED) is 0.335. The number of ether oxygens (including phenoxy) is 1. The molecule has 0 aromatic heterocycles. The molecule has 1 aromatic carbocycles. The third kappa shape index (κ3) is 7.59. The molecule has 2 saturated carbocycles. The van der Waals surface area contributed by atoms with Crippen molar-refractivity contribution in [2.24, 2.45) is 23.7 Å². The van der Waals surface area contributed by atoms with E-state index in [2.05, 4.69) is 29.6 Å².